The van der Waals surface area contributed by atoms with Crippen LogP contribution in [0.3, 0.4) is 0 Å². The third-order valence-corrected chi connectivity index (χ3v) is 3.04. The van der Waals surface area contributed by atoms with Gasteiger partial charge in [-0.3, -0.25) is 4.79 Å². The Bertz CT molecular complexity index is 410. The molecule has 0 fully saturated rings. The maximum Gasteiger partial charge on any atom is 0.224 e. The summed E-state index contributed by atoms with van der Waals surface area (Å²) in [7, 11) is 1.57. The van der Waals surface area contributed by atoms with Crippen LogP contribution in [-0.4, -0.2) is 19.6 Å². The Kier molecular flexibility index (Phi) is 5.95. The van der Waals surface area contributed by atoms with Gasteiger partial charge in [0, 0.05) is 12.5 Å². The Morgan fingerprint density at radius 1 is 1.56 bits per heavy atom. The molecule has 1 aromatic carbocycles. The van der Waals surface area contributed by atoms with E-state index in [4.69, 9.17) is 22.1 Å². The lowest BCUT2D eigenvalue weighted by Crippen LogP contribution is -2.16. The highest BCUT2D eigenvalue weighted by atomic mass is 35.5. The summed E-state index contributed by atoms with van der Waals surface area (Å²) in [6.07, 6.45) is 1.20. The normalized spacial score (nSPS) is 12.0. The molecule has 0 saturated heterocycles. The standard InChI is InChI=1S/C13H19ClN2O2/c1-9(8-15)3-6-13(17)16-12-7-10(18-2)4-5-11(12)14/h4-5,7,9H,3,6,8,15H2,1-2H3,(H,16,17). The molecule has 3 N–H and O–H groups in total. The zero-order valence-electron chi connectivity index (χ0n) is 10.7. The summed E-state index contributed by atoms with van der Waals surface area (Å²) in [4.78, 5) is 11.7. The number of carbonyl (C=O) groups is 1. The van der Waals surface area contributed by atoms with Crippen LogP contribution in [0.1, 0.15) is 19.8 Å². The van der Waals surface area contributed by atoms with Crippen molar-refractivity contribution in [3.63, 3.8) is 0 Å². The number of methoxy groups -OCH3 is 1. The van der Waals surface area contributed by atoms with Crippen molar-refractivity contribution in [2.45, 2.75) is 19.8 Å². The van der Waals surface area contributed by atoms with Crippen LogP contribution in [0, 0.1) is 5.92 Å². The van der Waals surface area contributed by atoms with Crippen LogP contribution in [0.5, 0.6) is 5.75 Å². The summed E-state index contributed by atoms with van der Waals surface area (Å²) in [6.45, 7) is 2.61. The smallest absolute Gasteiger partial charge is 0.224 e. The zero-order valence-corrected chi connectivity index (χ0v) is 11.5. The first-order valence-electron chi connectivity index (χ1n) is 5.90. The van der Waals surface area contributed by atoms with Gasteiger partial charge in [0.2, 0.25) is 5.91 Å². The Labute approximate surface area is 112 Å². The van der Waals surface area contributed by atoms with Crippen molar-refractivity contribution in [3.8, 4) is 5.75 Å². The molecule has 1 rings (SSSR count). The van der Waals surface area contributed by atoms with Gasteiger partial charge in [0.25, 0.3) is 0 Å². The van der Waals surface area contributed by atoms with Gasteiger partial charge < -0.3 is 15.8 Å². The molecule has 1 unspecified atom stereocenters. The SMILES string of the molecule is COc1ccc(Cl)c(NC(=O)CCC(C)CN)c1. The van der Waals surface area contributed by atoms with E-state index in [1.165, 1.54) is 0 Å². The first-order valence-corrected chi connectivity index (χ1v) is 6.28. The van der Waals surface area contributed by atoms with E-state index in [-0.39, 0.29) is 5.91 Å². The molecule has 18 heavy (non-hydrogen) atoms. The number of amides is 1. The highest BCUT2D eigenvalue weighted by molar-refractivity contribution is 6.33. The summed E-state index contributed by atoms with van der Waals surface area (Å²) in [5.41, 5.74) is 6.07. The van der Waals surface area contributed by atoms with Crippen LogP contribution in [-0.2, 0) is 4.79 Å². The molecule has 0 saturated carbocycles. The van der Waals surface area contributed by atoms with Gasteiger partial charge in [0.05, 0.1) is 17.8 Å². The van der Waals surface area contributed by atoms with Gasteiger partial charge in [0.15, 0.2) is 0 Å². The molecule has 0 spiro atoms. The fourth-order valence-electron chi connectivity index (χ4n) is 1.44. The number of benzene rings is 1. The van der Waals surface area contributed by atoms with E-state index in [9.17, 15) is 4.79 Å². The lowest BCUT2D eigenvalue weighted by Gasteiger charge is -2.10. The van der Waals surface area contributed by atoms with Gasteiger partial charge >= 0.3 is 0 Å². The fraction of sp³-hybridized carbons (Fsp3) is 0.462. The number of hydrogen-bond donors (Lipinski definition) is 2. The van der Waals surface area contributed by atoms with Crippen molar-refractivity contribution < 1.29 is 9.53 Å². The molecule has 1 aromatic rings. The van der Waals surface area contributed by atoms with Gasteiger partial charge in [-0.05, 0) is 31.0 Å². The highest BCUT2D eigenvalue weighted by Crippen LogP contribution is 2.26. The number of hydrogen-bond acceptors (Lipinski definition) is 3. The monoisotopic (exact) mass is 270 g/mol. The zero-order chi connectivity index (χ0) is 13.5. The lowest BCUT2D eigenvalue weighted by atomic mass is 10.1. The first-order chi connectivity index (χ1) is 8.56. The van der Waals surface area contributed by atoms with E-state index >= 15 is 0 Å². The molecule has 0 bridgehead atoms. The first kappa shape index (κ1) is 14.8. The summed E-state index contributed by atoms with van der Waals surface area (Å²) in [5, 5.41) is 3.27. The number of halogens is 1. The summed E-state index contributed by atoms with van der Waals surface area (Å²) < 4.78 is 5.08. The van der Waals surface area contributed by atoms with E-state index in [2.05, 4.69) is 5.32 Å². The average molecular weight is 271 g/mol. The van der Waals surface area contributed by atoms with Gasteiger partial charge in [0.1, 0.15) is 5.75 Å². The lowest BCUT2D eigenvalue weighted by molar-refractivity contribution is -0.116. The predicted molar refractivity (Wildman–Crippen MR) is 74.1 cm³/mol. The largest absolute Gasteiger partial charge is 0.497 e. The topological polar surface area (TPSA) is 64.3 Å². The third-order valence-electron chi connectivity index (χ3n) is 2.71. The van der Waals surface area contributed by atoms with Crippen LogP contribution >= 0.6 is 11.6 Å². The van der Waals surface area contributed by atoms with E-state index in [1.807, 2.05) is 6.92 Å². The molecule has 0 aliphatic rings. The van der Waals surface area contributed by atoms with E-state index in [0.29, 0.717) is 35.3 Å². The molecule has 5 heteroatoms. The van der Waals surface area contributed by atoms with Crippen LogP contribution in [0.4, 0.5) is 5.69 Å². The predicted octanol–water partition coefficient (Wildman–Crippen LogP) is 2.66. The Morgan fingerprint density at radius 2 is 2.28 bits per heavy atom. The highest BCUT2D eigenvalue weighted by Gasteiger charge is 2.09. The van der Waals surface area contributed by atoms with Crippen molar-refractivity contribution in [2.75, 3.05) is 19.0 Å². The minimum Gasteiger partial charge on any atom is -0.497 e. The van der Waals surface area contributed by atoms with Crippen LogP contribution < -0.4 is 15.8 Å². The maximum absolute atomic E-state index is 11.7. The quantitative estimate of drug-likeness (QED) is 0.835. The van der Waals surface area contributed by atoms with E-state index < -0.39 is 0 Å². The van der Waals surface area contributed by atoms with Crippen molar-refractivity contribution in [1.82, 2.24) is 0 Å². The number of ether oxygens (including phenoxy) is 1. The summed E-state index contributed by atoms with van der Waals surface area (Å²) in [5.74, 6) is 0.937. The van der Waals surface area contributed by atoms with Gasteiger partial charge in [-0.25, -0.2) is 0 Å². The van der Waals surface area contributed by atoms with Crippen LogP contribution in [0.15, 0.2) is 18.2 Å². The third kappa shape index (κ3) is 4.55. The second-order valence-electron chi connectivity index (χ2n) is 4.27. The van der Waals surface area contributed by atoms with Gasteiger partial charge in [-0.1, -0.05) is 18.5 Å². The number of nitrogens with two attached hydrogens (primary N) is 1. The van der Waals surface area contributed by atoms with Crippen LogP contribution in [0.2, 0.25) is 5.02 Å². The molecule has 0 aromatic heterocycles. The number of rotatable bonds is 6. The molecular formula is C13H19ClN2O2. The summed E-state index contributed by atoms with van der Waals surface area (Å²) >= 11 is 6.00. The average Bonchev–Trinajstić information content (AvgIpc) is 2.38. The van der Waals surface area contributed by atoms with E-state index in [1.54, 1.807) is 25.3 Å². The second kappa shape index (κ2) is 7.24. The Hall–Kier alpha value is -1.26. The molecule has 0 heterocycles. The molecule has 100 valence electrons. The van der Waals surface area contributed by atoms with Crippen molar-refractivity contribution >= 4 is 23.2 Å². The Morgan fingerprint density at radius 3 is 2.89 bits per heavy atom. The van der Waals surface area contributed by atoms with Gasteiger partial charge in [-0.15, -0.1) is 0 Å². The van der Waals surface area contributed by atoms with E-state index in [0.717, 1.165) is 6.42 Å². The molecular weight excluding hydrogens is 252 g/mol. The molecule has 1 atom stereocenters. The molecule has 0 aliphatic carbocycles. The summed E-state index contributed by atoms with van der Waals surface area (Å²) in [6, 6.07) is 5.14. The number of nitrogens with one attached hydrogen (secondary N) is 1. The Balaban J connectivity index is 2.58. The van der Waals surface area contributed by atoms with Crippen molar-refractivity contribution in [3.05, 3.63) is 23.2 Å². The molecule has 4 nitrogen and oxygen atoms in total. The van der Waals surface area contributed by atoms with Gasteiger partial charge in [-0.2, -0.15) is 0 Å². The molecule has 0 radical (unpaired) electrons. The minimum absolute atomic E-state index is 0.0644. The molecule has 0 aliphatic heterocycles. The van der Waals surface area contributed by atoms with Crippen LogP contribution in [0.25, 0.3) is 0 Å². The second-order valence-corrected chi connectivity index (χ2v) is 4.68. The minimum atomic E-state index is -0.0644. The maximum atomic E-state index is 11.7. The van der Waals surface area contributed by atoms with Crippen molar-refractivity contribution in [1.29, 1.82) is 0 Å². The number of anilines is 1. The number of carbonyl (C=O) groups excluding carboxylic acids is 1. The van der Waals surface area contributed by atoms with Crippen molar-refractivity contribution in [2.24, 2.45) is 11.7 Å². The molecule has 1 amide bonds. The fourth-order valence-corrected chi connectivity index (χ4v) is 1.60.